The lowest BCUT2D eigenvalue weighted by atomic mass is 10.0. The number of nitriles is 1. The standard InChI is InChI=1S/C19H18BrNO3/c1-4-24-19-17(20)10-13(11-18(19)23-3)9-15(12-21)14-5-7-16(22-2)8-6-14/h5-11H,4H2,1-3H3/b15-9+. The molecule has 0 aromatic heterocycles. The Kier molecular flexibility index (Phi) is 6.28. The highest BCUT2D eigenvalue weighted by atomic mass is 79.9. The van der Waals surface area contributed by atoms with Crippen molar-refractivity contribution in [1.29, 1.82) is 5.26 Å². The molecule has 0 spiro atoms. The van der Waals surface area contributed by atoms with E-state index in [1.807, 2.05) is 49.4 Å². The maximum absolute atomic E-state index is 9.48. The summed E-state index contributed by atoms with van der Waals surface area (Å²) in [6, 6.07) is 13.3. The molecular weight excluding hydrogens is 370 g/mol. The molecule has 24 heavy (non-hydrogen) atoms. The van der Waals surface area contributed by atoms with Gasteiger partial charge in [0.1, 0.15) is 5.75 Å². The first kappa shape index (κ1) is 17.9. The van der Waals surface area contributed by atoms with Crippen LogP contribution in [0.1, 0.15) is 18.1 Å². The van der Waals surface area contributed by atoms with Gasteiger partial charge in [-0.2, -0.15) is 5.26 Å². The molecule has 0 amide bonds. The number of halogens is 1. The molecule has 0 aliphatic heterocycles. The Balaban J connectivity index is 2.43. The molecule has 2 rings (SSSR count). The van der Waals surface area contributed by atoms with Crippen molar-refractivity contribution in [3.05, 3.63) is 52.0 Å². The largest absolute Gasteiger partial charge is 0.497 e. The van der Waals surface area contributed by atoms with Crippen molar-refractivity contribution in [2.45, 2.75) is 6.92 Å². The summed E-state index contributed by atoms with van der Waals surface area (Å²) in [7, 11) is 3.20. The highest BCUT2D eigenvalue weighted by Gasteiger charge is 2.11. The van der Waals surface area contributed by atoms with Gasteiger partial charge in [0.25, 0.3) is 0 Å². The molecule has 0 bridgehead atoms. The molecule has 5 heteroatoms. The van der Waals surface area contributed by atoms with Crippen molar-refractivity contribution in [3.63, 3.8) is 0 Å². The smallest absolute Gasteiger partial charge is 0.175 e. The minimum Gasteiger partial charge on any atom is -0.497 e. The molecule has 0 saturated heterocycles. The highest BCUT2D eigenvalue weighted by Crippen LogP contribution is 2.37. The lowest BCUT2D eigenvalue weighted by Gasteiger charge is -2.12. The van der Waals surface area contributed by atoms with Gasteiger partial charge in [0, 0.05) is 0 Å². The maximum Gasteiger partial charge on any atom is 0.175 e. The maximum atomic E-state index is 9.48. The lowest BCUT2D eigenvalue weighted by Crippen LogP contribution is -1.97. The summed E-state index contributed by atoms with van der Waals surface area (Å²) in [5, 5.41) is 9.48. The topological polar surface area (TPSA) is 51.5 Å². The second-order valence-corrected chi connectivity index (χ2v) is 5.72. The summed E-state index contributed by atoms with van der Waals surface area (Å²) >= 11 is 3.49. The Hall–Kier alpha value is -2.45. The predicted octanol–water partition coefficient (Wildman–Crippen LogP) is 4.93. The average Bonchev–Trinajstić information content (AvgIpc) is 2.61. The van der Waals surface area contributed by atoms with Gasteiger partial charge < -0.3 is 14.2 Å². The van der Waals surface area contributed by atoms with Crippen molar-refractivity contribution < 1.29 is 14.2 Å². The van der Waals surface area contributed by atoms with Crippen LogP contribution in [-0.2, 0) is 0 Å². The monoisotopic (exact) mass is 387 g/mol. The summed E-state index contributed by atoms with van der Waals surface area (Å²) in [4.78, 5) is 0. The van der Waals surface area contributed by atoms with Crippen LogP contribution in [0.5, 0.6) is 17.2 Å². The van der Waals surface area contributed by atoms with Gasteiger partial charge in [0.05, 0.1) is 36.9 Å². The van der Waals surface area contributed by atoms with E-state index in [2.05, 4.69) is 22.0 Å². The van der Waals surface area contributed by atoms with Crippen molar-refractivity contribution in [1.82, 2.24) is 0 Å². The van der Waals surface area contributed by atoms with E-state index in [4.69, 9.17) is 14.2 Å². The van der Waals surface area contributed by atoms with E-state index in [9.17, 15) is 5.26 Å². The van der Waals surface area contributed by atoms with Crippen molar-refractivity contribution in [2.24, 2.45) is 0 Å². The zero-order valence-corrected chi connectivity index (χ0v) is 15.4. The molecular formula is C19H18BrNO3. The Labute approximate surface area is 150 Å². The van der Waals surface area contributed by atoms with Gasteiger partial charge in [-0.25, -0.2) is 0 Å². The number of rotatable bonds is 6. The van der Waals surface area contributed by atoms with E-state index in [1.54, 1.807) is 14.2 Å². The zero-order chi connectivity index (χ0) is 17.5. The van der Waals surface area contributed by atoms with Crippen LogP contribution in [0.2, 0.25) is 0 Å². The molecule has 0 aliphatic carbocycles. The van der Waals surface area contributed by atoms with Crippen LogP contribution in [-0.4, -0.2) is 20.8 Å². The summed E-state index contributed by atoms with van der Waals surface area (Å²) < 4.78 is 16.9. The summed E-state index contributed by atoms with van der Waals surface area (Å²) in [5.74, 6) is 2.02. The van der Waals surface area contributed by atoms with Gasteiger partial charge in [-0.3, -0.25) is 0 Å². The van der Waals surface area contributed by atoms with Gasteiger partial charge in [-0.1, -0.05) is 0 Å². The summed E-state index contributed by atoms with van der Waals surface area (Å²) in [6.07, 6.45) is 1.81. The first-order valence-electron chi connectivity index (χ1n) is 7.39. The third-order valence-electron chi connectivity index (χ3n) is 3.37. The summed E-state index contributed by atoms with van der Waals surface area (Å²) in [6.45, 7) is 2.45. The van der Waals surface area contributed by atoms with E-state index < -0.39 is 0 Å². The Morgan fingerprint density at radius 2 is 1.88 bits per heavy atom. The minimum absolute atomic E-state index is 0.541. The quantitative estimate of drug-likeness (QED) is 0.520. The molecule has 4 nitrogen and oxygen atoms in total. The van der Waals surface area contributed by atoms with Gasteiger partial charge >= 0.3 is 0 Å². The Morgan fingerprint density at radius 1 is 1.17 bits per heavy atom. The molecule has 2 aromatic carbocycles. The van der Waals surface area contributed by atoms with Crippen LogP contribution in [0.4, 0.5) is 0 Å². The number of methoxy groups -OCH3 is 2. The van der Waals surface area contributed by atoms with E-state index in [0.717, 1.165) is 21.3 Å². The number of benzene rings is 2. The molecule has 2 aromatic rings. The van der Waals surface area contributed by atoms with Crippen molar-refractivity contribution >= 4 is 27.6 Å². The van der Waals surface area contributed by atoms with Crippen LogP contribution < -0.4 is 14.2 Å². The summed E-state index contributed by atoms with van der Waals surface area (Å²) in [5.41, 5.74) is 2.22. The molecule has 0 radical (unpaired) electrons. The third-order valence-corrected chi connectivity index (χ3v) is 3.96. The van der Waals surface area contributed by atoms with Gasteiger partial charge in [0.2, 0.25) is 0 Å². The number of allylic oxidation sites excluding steroid dienone is 1. The minimum atomic E-state index is 0.541. The van der Waals surface area contributed by atoms with Crippen LogP contribution in [0.3, 0.4) is 0 Å². The number of ether oxygens (including phenoxy) is 3. The number of hydrogen-bond donors (Lipinski definition) is 0. The van der Waals surface area contributed by atoms with Crippen LogP contribution >= 0.6 is 15.9 Å². The Bertz CT molecular complexity index is 776. The van der Waals surface area contributed by atoms with Crippen LogP contribution in [0.25, 0.3) is 11.6 Å². The first-order valence-corrected chi connectivity index (χ1v) is 8.18. The SMILES string of the molecule is CCOc1c(Br)cc(/C=C(\C#N)c2ccc(OC)cc2)cc1OC. The number of hydrogen-bond acceptors (Lipinski definition) is 4. The number of nitrogens with zero attached hydrogens (tertiary/aromatic N) is 1. The fourth-order valence-electron chi connectivity index (χ4n) is 2.22. The molecule has 0 aliphatic rings. The van der Waals surface area contributed by atoms with E-state index in [0.29, 0.717) is 23.7 Å². The second-order valence-electron chi connectivity index (χ2n) is 4.87. The molecule has 0 atom stereocenters. The normalized spacial score (nSPS) is 10.9. The fraction of sp³-hybridized carbons (Fsp3) is 0.211. The van der Waals surface area contributed by atoms with E-state index in [1.165, 1.54) is 0 Å². The molecule has 0 fully saturated rings. The van der Waals surface area contributed by atoms with Gasteiger partial charge in [-0.15, -0.1) is 0 Å². The van der Waals surface area contributed by atoms with Crippen LogP contribution in [0.15, 0.2) is 40.9 Å². The predicted molar refractivity (Wildman–Crippen MR) is 98.3 cm³/mol. The molecule has 124 valence electrons. The van der Waals surface area contributed by atoms with Crippen molar-refractivity contribution in [2.75, 3.05) is 20.8 Å². The van der Waals surface area contributed by atoms with E-state index >= 15 is 0 Å². The second kappa shape index (κ2) is 8.42. The highest BCUT2D eigenvalue weighted by molar-refractivity contribution is 9.10. The van der Waals surface area contributed by atoms with Gasteiger partial charge in [-0.05, 0) is 76.5 Å². The molecule has 0 unspecified atom stereocenters. The fourth-order valence-corrected chi connectivity index (χ4v) is 2.80. The first-order chi connectivity index (χ1) is 11.6. The zero-order valence-electron chi connectivity index (χ0n) is 13.8. The molecule has 0 heterocycles. The Morgan fingerprint density at radius 3 is 2.42 bits per heavy atom. The lowest BCUT2D eigenvalue weighted by molar-refractivity contribution is 0.309. The third kappa shape index (κ3) is 4.09. The van der Waals surface area contributed by atoms with Crippen LogP contribution in [0, 0.1) is 11.3 Å². The molecule has 0 saturated carbocycles. The van der Waals surface area contributed by atoms with Crippen molar-refractivity contribution in [3.8, 4) is 23.3 Å². The van der Waals surface area contributed by atoms with E-state index in [-0.39, 0.29) is 0 Å². The molecule has 0 N–H and O–H groups in total. The van der Waals surface area contributed by atoms with Gasteiger partial charge in [0.15, 0.2) is 11.5 Å². The average molecular weight is 388 g/mol.